The van der Waals surface area contributed by atoms with Gasteiger partial charge in [-0.05, 0) is 48.6 Å². The van der Waals surface area contributed by atoms with E-state index in [0.717, 1.165) is 54.0 Å². The van der Waals surface area contributed by atoms with Crippen LogP contribution in [-0.4, -0.2) is 53.6 Å². The molecule has 4 aromatic rings. The van der Waals surface area contributed by atoms with Gasteiger partial charge in [-0.1, -0.05) is 62.7 Å². The number of thiazole rings is 1. The van der Waals surface area contributed by atoms with E-state index >= 15 is 0 Å². The standard InChI is InChI=1S/C33H37ClN4O3S/c1-5-21-9-8-10-22(6-2)29(21)38-30(28(7-3)41-4)25(32(39)37-17-15-35-16-18-37)19-26(33(38)40)31-36-27(20-42-31)23-11-13-24(34)14-12-23/h8-14,19-20,28,35H,5-7,15-18H2,1-4H3. The lowest BCUT2D eigenvalue weighted by Gasteiger charge is -2.31. The zero-order valence-corrected chi connectivity index (χ0v) is 26.1. The third-order valence-corrected chi connectivity index (χ3v) is 9.02. The molecule has 7 nitrogen and oxygen atoms in total. The van der Waals surface area contributed by atoms with Gasteiger partial charge >= 0.3 is 0 Å². The first kappa shape index (κ1) is 30.2. The minimum atomic E-state index is -0.454. The molecule has 1 unspecified atom stereocenters. The summed E-state index contributed by atoms with van der Waals surface area (Å²) in [6, 6.07) is 15.4. The average molecular weight is 605 g/mol. The summed E-state index contributed by atoms with van der Waals surface area (Å²) in [4.78, 5) is 35.8. The van der Waals surface area contributed by atoms with E-state index < -0.39 is 6.10 Å². The Morgan fingerprint density at radius 3 is 2.33 bits per heavy atom. The number of carbonyl (C=O) groups excluding carboxylic acids is 1. The monoisotopic (exact) mass is 604 g/mol. The third kappa shape index (κ3) is 5.81. The molecule has 0 saturated carbocycles. The predicted molar refractivity (Wildman–Crippen MR) is 171 cm³/mol. The zero-order valence-electron chi connectivity index (χ0n) is 24.6. The molecule has 1 N–H and O–H groups in total. The fourth-order valence-electron chi connectivity index (χ4n) is 5.66. The molecule has 2 aromatic heterocycles. The second kappa shape index (κ2) is 13.3. The minimum absolute atomic E-state index is 0.0986. The Balaban J connectivity index is 1.83. The molecule has 5 rings (SSSR count). The van der Waals surface area contributed by atoms with Gasteiger partial charge in [-0.2, -0.15) is 0 Å². The van der Waals surface area contributed by atoms with Crippen molar-refractivity contribution in [2.24, 2.45) is 0 Å². The maximum absolute atomic E-state index is 14.7. The molecule has 1 saturated heterocycles. The van der Waals surface area contributed by atoms with Crippen LogP contribution in [0.5, 0.6) is 0 Å². The second-order valence-electron chi connectivity index (χ2n) is 10.3. The molecule has 0 bridgehead atoms. The van der Waals surface area contributed by atoms with Gasteiger partial charge in [0.25, 0.3) is 11.5 Å². The van der Waals surface area contributed by atoms with Crippen molar-refractivity contribution in [1.82, 2.24) is 19.8 Å². The number of rotatable bonds is 9. The van der Waals surface area contributed by atoms with Crippen LogP contribution in [0.2, 0.25) is 5.02 Å². The van der Waals surface area contributed by atoms with Crippen LogP contribution in [0.4, 0.5) is 0 Å². The number of hydrogen-bond acceptors (Lipinski definition) is 6. The Bertz CT molecular complexity index is 1600. The van der Waals surface area contributed by atoms with E-state index in [2.05, 4.69) is 31.3 Å². The molecular formula is C33H37ClN4O3S. The Kier molecular flexibility index (Phi) is 9.58. The highest BCUT2D eigenvalue weighted by Gasteiger charge is 2.31. The van der Waals surface area contributed by atoms with Crippen molar-refractivity contribution in [3.05, 3.63) is 91.7 Å². The molecule has 0 spiro atoms. The SMILES string of the molecule is CCc1cccc(CC)c1-n1c(C(CC)OC)c(C(=O)N2CCNCC2)cc(-c2nc(-c3ccc(Cl)cc3)cs2)c1=O. The van der Waals surface area contributed by atoms with Gasteiger partial charge in [-0.3, -0.25) is 14.2 Å². The molecule has 1 aliphatic rings. The predicted octanol–water partition coefficient (Wildman–Crippen LogP) is 6.55. The van der Waals surface area contributed by atoms with E-state index in [-0.39, 0.29) is 11.5 Å². The smallest absolute Gasteiger partial charge is 0.265 e. The van der Waals surface area contributed by atoms with Crippen molar-refractivity contribution in [3.63, 3.8) is 0 Å². The number of nitrogens with one attached hydrogen (secondary N) is 1. The highest BCUT2D eigenvalue weighted by molar-refractivity contribution is 7.13. The number of hydrogen-bond donors (Lipinski definition) is 1. The van der Waals surface area contributed by atoms with E-state index in [1.54, 1.807) is 17.7 Å². The number of aromatic nitrogens is 2. The number of carbonyl (C=O) groups is 1. The van der Waals surface area contributed by atoms with Crippen LogP contribution in [0.25, 0.3) is 27.5 Å². The average Bonchev–Trinajstić information content (AvgIpc) is 3.52. The second-order valence-corrected chi connectivity index (χ2v) is 11.6. The van der Waals surface area contributed by atoms with Crippen LogP contribution in [0, 0.1) is 0 Å². The van der Waals surface area contributed by atoms with Crippen LogP contribution in [0.1, 0.15) is 60.5 Å². The van der Waals surface area contributed by atoms with E-state index in [9.17, 15) is 9.59 Å². The van der Waals surface area contributed by atoms with Crippen LogP contribution < -0.4 is 10.9 Å². The van der Waals surface area contributed by atoms with Gasteiger partial charge in [0.05, 0.1) is 34.3 Å². The lowest BCUT2D eigenvalue weighted by molar-refractivity contribution is 0.0704. The van der Waals surface area contributed by atoms with Gasteiger partial charge in [0.15, 0.2) is 0 Å². The number of amides is 1. The highest BCUT2D eigenvalue weighted by Crippen LogP contribution is 2.34. The molecule has 3 heterocycles. The van der Waals surface area contributed by atoms with Crippen molar-refractivity contribution >= 4 is 28.8 Å². The Morgan fingerprint density at radius 2 is 1.74 bits per heavy atom. The first-order chi connectivity index (χ1) is 20.4. The Labute approximate surface area is 256 Å². The summed E-state index contributed by atoms with van der Waals surface area (Å²) in [6.07, 6.45) is 1.62. The van der Waals surface area contributed by atoms with Gasteiger partial charge in [-0.25, -0.2) is 4.98 Å². The van der Waals surface area contributed by atoms with Crippen LogP contribution >= 0.6 is 22.9 Å². The van der Waals surface area contributed by atoms with Crippen molar-refractivity contribution < 1.29 is 9.53 Å². The van der Waals surface area contributed by atoms with Crippen molar-refractivity contribution in [1.29, 1.82) is 0 Å². The summed E-state index contributed by atoms with van der Waals surface area (Å²) < 4.78 is 7.75. The molecule has 1 amide bonds. The van der Waals surface area contributed by atoms with E-state index in [4.69, 9.17) is 21.3 Å². The fraction of sp³-hybridized carbons (Fsp3) is 0.364. The van der Waals surface area contributed by atoms with Gasteiger partial charge in [0.2, 0.25) is 0 Å². The quantitative estimate of drug-likeness (QED) is 0.234. The van der Waals surface area contributed by atoms with Gasteiger partial charge in [0.1, 0.15) is 5.01 Å². The van der Waals surface area contributed by atoms with Gasteiger partial charge in [0, 0.05) is 49.3 Å². The van der Waals surface area contributed by atoms with Gasteiger partial charge < -0.3 is 15.0 Å². The number of methoxy groups -OCH3 is 1. The number of aryl methyl sites for hydroxylation is 2. The van der Waals surface area contributed by atoms with E-state index in [0.29, 0.717) is 46.4 Å². The molecule has 1 atom stereocenters. The lowest BCUT2D eigenvalue weighted by Crippen LogP contribution is -2.47. The maximum Gasteiger partial charge on any atom is 0.265 e. The molecule has 1 aliphatic heterocycles. The molecule has 2 aromatic carbocycles. The molecule has 1 fully saturated rings. The van der Waals surface area contributed by atoms with E-state index in [1.165, 1.54) is 11.3 Å². The molecule has 42 heavy (non-hydrogen) atoms. The molecule has 0 aliphatic carbocycles. The fourth-order valence-corrected chi connectivity index (χ4v) is 6.62. The Hall–Kier alpha value is -3.30. The molecule has 9 heteroatoms. The van der Waals surface area contributed by atoms with Crippen LogP contribution in [0.15, 0.2) is 58.7 Å². The summed E-state index contributed by atoms with van der Waals surface area (Å²) >= 11 is 7.51. The topological polar surface area (TPSA) is 76.5 Å². The zero-order chi connectivity index (χ0) is 29.8. The molecular weight excluding hydrogens is 568 g/mol. The highest BCUT2D eigenvalue weighted by atomic mass is 35.5. The van der Waals surface area contributed by atoms with Crippen LogP contribution in [-0.2, 0) is 17.6 Å². The number of piperazine rings is 1. The van der Waals surface area contributed by atoms with Crippen molar-refractivity contribution in [3.8, 4) is 27.5 Å². The summed E-state index contributed by atoms with van der Waals surface area (Å²) in [5.74, 6) is -0.0986. The van der Waals surface area contributed by atoms with Crippen LogP contribution in [0.3, 0.4) is 0 Å². The molecule has 220 valence electrons. The Morgan fingerprint density at radius 1 is 1.07 bits per heavy atom. The summed E-state index contributed by atoms with van der Waals surface area (Å²) in [7, 11) is 1.64. The first-order valence-electron chi connectivity index (χ1n) is 14.6. The van der Waals surface area contributed by atoms with Gasteiger partial charge in [-0.15, -0.1) is 11.3 Å². The lowest BCUT2D eigenvalue weighted by atomic mass is 9.98. The van der Waals surface area contributed by atoms with E-state index in [1.807, 2.05) is 47.5 Å². The normalized spacial score (nSPS) is 14.3. The largest absolute Gasteiger partial charge is 0.375 e. The number of nitrogens with zero attached hydrogens (tertiary/aromatic N) is 3. The third-order valence-electron chi connectivity index (χ3n) is 7.90. The summed E-state index contributed by atoms with van der Waals surface area (Å²) in [5, 5.41) is 6.48. The number of benzene rings is 2. The minimum Gasteiger partial charge on any atom is -0.375 e. The summed E-state index contributed by atoms with van der Waals surface area (Å²) in [5.41, 5.74) is 5.87. The number of pyridine rings is 1. The van der Waals surface area contributed by atoms with Crippen molar-refractivity contribution in [2.45, 2.75) is 46.1 Å². The maximum atomic E-state index is 14.7. The number of ether oxygens (including phenoxy) is 1. The number of halogens is 1. The van der Waals surface area contributed by atoms with Crippen molar-refractivity contribution in [2.75, 3.05) is 33.3 Å². The summed E-state index contributed by atoms with van der Waals surface area (Å²) in [6.45, 7) is 8.84. The number of para-hydroxylation sites is 1. The molecule has 0 radical (unpaired) electrons. The first-order valence-corrected chi connectivity index (χ1v) is 15.8.